The Morgan fingerprint density at radius 3 is 3.06 bits per heavy atom. The molecule has 2 heterocycles. The largest absolute Gasteiger partial charge is 0.461 e. The Bertz CT molecular complexity index is 539. The molecule has 0 unspecified atom stereocenters. The van der Waals surface area contributed by atoms with Gasteiger partial charge in [0.2, 0.25) is 0 Å². The van der Waals surface area contributed by atoms with Gasteiger partial charge in [-0.2, -0.15) is 0 Å². The number of thiazole rings is 1. The van der Waals surface area contributed by atoms with Crippen LogP contribution in [-0.4, -0.2) is 17.6 Å². The molecule has 0 aliphatic carbocycles. The minimum Gasteiger partial charge on any atom is -0.461 e. The summed E-state index contributed by atoms with van der Waals surface area (Å²) in [7, 11) is 0. The number of thiophene rings is 1. The van der Waals surface area contributed by atoms with E-state index in [1.807, 2.05) is 12.1 Å². The van der Waals surface area contributed by atoms with Crippen LogP contribution in [0, 0.1) is 0 Å². The van der Waals surface area contributed by atoms with Crippen LogP contribution in [-0.2, 0) is 11.3 Å². The van der Waals surface area contributed by atoms with Crippen molar-refractivity contribution in [1.82, 2.24) is 4.98 Å². The number of nitrogens with one attached hydrogen (secondary N) is 1. The lowest BCUT2D eigenvalue weighted by Gasteiger charge is -1.99. The van der Waals surface area contributed by atoms with Crippen LogP contribution in [0.25, 0.3) is 0 Å². The van der Waals surface area contributed by atoms with Crippen LogP contribution in [0.1, 0.15) is 22.3 Å². The maximum atomic E-state index is 11.4. The van der Waals surface area contributed by atoms with Crippen LogP contribution in [0.3, 0.4) is 0 Å². The fourth-order valence-corrected chi connectivity index (χ4v) is 3.36. The van der Waals surface area contributed by atoms with Crippen LogP contribution >= 0.6 is 38.6 Å². The number of carbonyl (C=O) groups is 1. The van der Waals surface area contributed by atoms with Crippen molar-refractivity contribution in [1.29, 1.82) is 0 Å². The minimum atomic E-state index is -0.374. The molecule has 0 aliphatic rings. The van der Waals surface area contributed by atoms with Gasteiger partial charge in [0.05, 0.1) is 16.9 Å². The van der Waals surface area contributed by atoms with Crippen LogP contribution in [0.5, 0.6) is 0 Å². The monoisotopic (exact) mass is 346 g/mol. The van der Waals surface area contributed by atoms with Gasteiger partial charge in [0.15, 0.2) is 10.8 Å². The highest BCUT2D eigenvalue weighted by Gasteiger charge is 2.11. The Labute approximate surface area is 121 Å². The van der Waals surface area contributed by atoms with E-state index in [0.29, 0.717) is 18.8 Å². The van der Waals surface area contributed by atoms with Gasteiger partial charge in [-0.15, -0.1) is 22.7 Å². The molecule has 0 saturated carbocycles. The van der Waals surface area contributed by atoms with Gasteiger partial charge >= 0.3 is 5.97 Å². The number of ether oxygens (including phenoxy) is 1. The van der Waals surface area contributed by atoms with E-state index in [-0.39, 0.29) is 5.97 Å². The summed E-state index contributed by atoms with van der Waals surface area (Å²) in [5, 5.41) is 5.60. The van der Waals surface area contributed by atoms with E-state index >= 15 is 0 Å². The Morgan fingerprint density at radius 2 is 2.39 bits per heavy atom. The third-order valence-corrected chi connectivity index (χ3v) is 4.46. The quantitative estimate of drug-likeness (QED) is 0.837. The van der Waals surface area contributed by atoms with Gasteiger partial charge in [-0.3, -0.25) is 0 Å². The van der Waals surface area contributed by atoms with Gasteiger partial charge in [0.1, 0.15) is 0 Å². The average Bonchev–Trinajstić information content (AvgIpc) is 2.95. The highest BCUT2D eigenvalue weighted by atomic mass is 79.9. The molecule has 2 aromatic heterocycles. The number of rotatable bonds is 5. The molecule has 0 bridgehead atoms. The van der Waals surface area contributed by atoms with Gasteiger partial charge in [0.25, 0.3) is 0 Å². The fourth-order valence-electron chi connectivity index (χ4n) is 1.26. The summed E-state index contributed by atoms with van der Waals surface area (Å²) in [4.78, 5) is 16.8. The molecule has 18 heavy (non-hydrogen) atoms. The lowest BCUT2D eigenvalue weighted by atomic mass is 10.5. The van der Waals surface area contributed by atoms with Crippen LogP contribution in [0.2, 0.25) is 0 Å². The van der Waals surface area contributed by atoms with Gasteiger partial charge in [-0.05, 0) is 35.0 Å². The summed E-state index contributed by atoms with van der Waals surface area (Å²) in [6.07, 6.45) is 0. The van der Waals surface area contributed by atoms with E-state index in [1.54, 1.807) is 23.6 Å². The molecular weight excluding hydrogens is 336 g/mol. The number of aromatic nitrogens is 1. The maximum Gasteiger partial charge on any atom is 0.357 e. The first-order valence-electron chi connectivity index (χ1n) is 5.29. The molecule has 1 N–H and O–H groups in total. The van der Waals surface area contributed by atoms with Crippen molar-refractivity contribution in [2.45, 2.75) is 13.5 Å². The third kappa shape index (κ3) is 3.54. The van der Waals surface area contributed by atoms with E-state index in [9.17, 15) is 4.79 Å². The molecule has 0 amide bonds. The van der Waals surface area contributed by atoms with Gasteiger partial charge in [-0.1, -0.05) is 0 Å². The van der Waals surface area contributed by atoms with Crippen molar-refractivity contribution in [3.63, 3.8) is 0 Å². The Balaban J connectivity index is 1.92. The van der Waals surface area contributed by atoms with Crippen LogP contribution in [0.15, 0.2) is 21.3 Å². The van der Waals surface area contributed by atoms with E-state index < -0.39 is 0 Å². The zero-order valence-electron chi connectivity index (χ0n) is 9.60. The predicted octanol–water partition coefficient (Wildman–Crippen LogP) is 3.76. The molecule has 7 heteroatoms. The second kappa shape index (κ2) is 6.31. The molecule has 0 atom stereocenters. The Kier molecular flexibility index (Phi) is 4.73. The highest BCUT2D eigenvalue weighted by Crippen LogP contribution is 2.23. The number of hydrogen-bond acceptors (Lipinski definition) is 6. The standard InChI is InChI=1S/C11H11BrN2O2S2/c1-2-16-10(15)8-6-17-11(14-8)13-5-7-3-4-9(12)18-7/h3-4,6H,2,5H2,1H3,(H,13,14). The number of carbonyl (C=O) groups excluding carboxylic acids is 1. The van der Waals surface area contributed by atoms with Crippen LogP contribution < -0.4 is 5.32 Å². The Morgan fingerprint density at radius 1 is 1.56 bits per heavy atom. The average molecular weight is 347 g/mol. The number of nitrogens with zero attached hydrogens (tertiary/aromatic N) is 1. The zero-order chi connectivity index (χ0) is 13.0. The third-order valence-electron chi connectivity index (χ3n) is 2.03. The molecule has 2 rings (SSSR count). The van der Waals surface area contributed by atoms with E-state index in [0.717, 1.165) is 8.92 Å². The van der Waals surface area contributed by atoms with E-state index in [4.69, 9.17) is 4.74 Å². The van der Waals surface area contributed by atoms with Crippen molar-refractivity contribution >= 4 is 49.7 Å². The number of halogens is 1. The molecule has 0 aliphatic heterocycles. The first kappa shape index (κ1) is 13.5. The van der Waals surface area contributed by atoms with Crippen molar-refractivity contribution in [2.24, 2.45) is 0 Å². The van der Waals surface area contributed by atoms with Crippen LogP contribution in [0.4, 0.5) is 5.13 Å². The highest BCUT2D eigenvalue weighted by molar-refractivity contribution is 9.11. The number of anilines is 1. The molecular formula is C11H11BrN2O2S2. The summed E-state index contributed by atoms with van der Waals surface area (Å²) in [5.74, 6) is -0.374. The SMILES string of the molecule is CCOC(=O)c1csc(NCc2ccc(Br)s2)n1. The molecule has 96 valence electrons. The molecule has 4 nitrogen and oxygen atoms in total. The molecule has 0 aromatic carbocycles. The summed E-state index contributed by atoms with van der Waals surface area (Å²) >= 11 is 6.48. The lowest BCUT2D eigenvalue weighted by Crippen LogP contribution is -2.05. The lowest BCUT2D eigenvalue weighted by molar-refractivity contribution is 0.0520. The van der Waals surface area contributed by atoms with Gasteiger partial charge < -0.3 is 10.1 Å². The summed E-state index contributed by atoms with van der Waals surface area (Å²) in [5.41, 5.74) is 0.358. The second-order valence-corrected chi connectivity index (χ2v) is 6.72. The first-order valence-corrected chi connectivity index (χ1v) is 7.78. The van der Waals surface area contributed by atoms with Gasteiger partial charge in [0, 0.05) is 10.3 Å². The summed E-state index contributed by atoms with van der Waals surface area (Å²) in [6, 6.07) is 4.05. The topological polar surface area (TPSA) is 51.2 Å². The molecule has 0 radical (unpaired) electrons. The van der Waals surface area contributed by atoms with Gasteiger partial charge in [-0.25, -0.2) is 9.78 Å². The number of hydrogen-bond donors (Lipinski definition) is 1. The fraction of sp³-hybridized carbons (Fsp3) is 0.273. The van der Waals surface area contributed by atoms with E-state index in [1.165, 1.54) is 16.2 Å². The van der Waals surface area contributed by atoms with Crippen molar-refractivity contribution in [3.05, 3.63) is 31.9 Å². The molecule has 0 fully saturated rings. The van der Waals surface area contributed by atoms with Crippen molar-refractivity contribution in [2.75, 3.05) is 11.9 Å². The second-order valence-electron chi connectivity index (χ2n) is 3.32. The van der Waals surface area contributed by atoms with E-state index in [2.05, 4.69) is 26.2 Å². The maximum absolute atomic E-state index is 11.4. The smallest absolute Gasteiger partial charge is 0.357 e. The zero-order valence-corrected chi connectivity index (χ0v) is 12.8. The summed E-state index contributed by atoms with van der Waals surface area (Å²) < 4.78 is 5.98. The van der Waals surface area contributed by atoms with Crippen molar-refractivity contribution in [3.8, 4) is 0 Å². The molecule has 0 saturated heterocycles. The molecule has 0 spiro atoms. The molecule has 2 aromatic rings. The normalized spacial score (nSPS) is 10.3. The predicted molar refractivity (Wildman–Crippen MR) is 77.4 cm³/mol. The van der Waals surface area contributed by atoms with Crippen molar-refractivity contribution < 1.29 is 9.53 Å². The number of esters is 1. The first-order chi connectivity index (χ1) is 8.69. The minimum absolute atomic E-state index is 0.358. The Hall–Kier alpha value is -0.920. The summed E-state index contributed by atoms with van der Waals surface area (Å²) in [6.45, 7) is 2.84.